The standard InChI is InChI=1S/C51H31N3O/c1-2-8-35(9-3-1)46-31-47(54-51(53-46)37-20-16-32(17-21-37)34-26-28-52-29-27-34)36-18-14-33(15-19-36)38-22-23-43-45(30-38)40-11-5-4-10-39(40)42-24-25-44-41-12-6-7-13-48(41)55-50(44)49(42)43/h1-31H. The number of fused-ring (bicyclic) bond motifs is 10. The molecule has 0 fully saturated rings. The molecule has 256 valence electrons. The van der Waals surface area contributed by atoms with E-state index in [2.05, 4.69) is 145 Å². The van der Waals surface area contributed by atoms with E-state index < -0.39 is 0 Å². The molecular weight excluding hydrogens is 671 g/mol. The molecule has 0 saturated heterocycles. The van der Waals surface area contributed by atoms with Gasteiger partial charge >= 0.3 is 0 Å². The monoisotopic (exact) mass is 701 g/mol. The molecule has 0 aliphatic heterocycles. The molecule has 0 bridgehead atoms. The summed E-state index contributed by atoms with van der Waals surface area (Å²) in [5, 5.41) is 9.50. The summed E-state index contributed by atoms with van der Waals surface area (Å²) < 4.78 is 6.58. The van der Waals surface area contributed by atoms with Crippen molar-refractivity contribution in [3.05, 3.63) is 188 Å². The van der Waals surface area contributed by atoms with Crippen molar-refractivity contribution in [2.45, 2.75) is 0 Å². The van der Waals surface area contributed by atoms with Crippen LogP contribution in [0.25, 0.3) is 110 Å². The average Bonchev–Trinajstić information content (AvgIpc) is 3.66. The first-order valence-electron chi connectivity index (χ1n) is 18.5. The topological polar surface area (TPSA) is 51.8 Å². The van der Waals surface area contributed by atoms with Crippen molar-refractivity contribution in [3.8, 4) is 56.2 Å². The lowest BCUT2D eigenvalue weighted by atomic mass is 9.91. The van der Waals surface area contributed by atoms with Crippen molar-refractivity contribution in [3.63, 3.8) is 0 Å². The lowest BCUT2D eigenvalue weighted by Gasteiger charge is -2.13. The zero-order valence-corrected chi connectivity index (χ0v) is 29.6. The van der Waals surface area contributed by atoms with Crippen LogP contribution in [0.5, 0.6) is 0 Å². The number of pyridine rings is 1. The van der Waals surface area contributed by atoms with Crippen LogP contribution in [-0.4, -0.2) is 15.0 Å². The van der Waals surface area contributed by atoms with Crippen LogP contribution in [0.15, 0.2) is 193 Å². The highest BCUT2D eigenvalue weighted by molar-refractivity contribution is 6.32. The molecule has 4 heteroatoms. The molecule has 0 radical (unpaired) electrons. The number of hydrogen-bond acceptors (Lipinski definition) is 4. The van der Waals surface area contributed by atoms with Crippen LogP contribution in [-0.2, 0) is 0 Å². The third-order valence-corrected chi connectivity index (χ3v) is 10.8. The van der Waals surface area contributed by atoms with Crippen LogP contribution in [0.4, 0.5) is 0 Å². The van der Waals surface area contributed by atoms with E-state index >= 15 is 0 Å². The van der Waals surface area contributed by atoms with E-state index in [0.29, 0.717) is 5.82 Å². The molecule has 3 aromatic heterocycles. The van der Waals surface area contributed by atoms with Gasteiger partial charge in [-0.05, 0) is 85.6 Å². The van der Waals surface area contributed by atoms with Crippen LogP contribution in [0, 0.1) is 0 Å². The summed E-state index contributed by atoms with van der Waals surface area (Å²) in [5.74, 6) is 0.689. The maximum atomic E-state index is 6.58. The minimum absolute atomic E-state index is 0.689. The summed E-state index contributed by atoms with van der Waals surface area (Å²) in [4.78, 5) is 14.3. The van der Waals surface area contributed by atoms with Gasteiger partial charge in [-0.15, -0.1) is 0 Å². The molecule has 0 atom stereocenters. The van der Waals surface area contributed by atoms with Gasteiger partial charge in [0, 0.05) is 45.2 Å². The lowest BCUT2D eigenvalue weighted by Crippen LogP contribution is -1.96. The van der Waals surface area contributed by atoms with Crippen molar-refractivity contribution < 1.29 is 4.42 Å². The smallest absolute Gasteiger partial charge is 0.160 e. The molecule has 8 aromatic carbocycles. The van der Waals surface area contributed by atoms with E-state index in [1.54, 1.807) is 0 Å². The second kappa shape index (κ2) is 12.6. The predicted octanol–water partition coefficient (Wildman–Crippen LogP) is 13.6. The number of aromatic nitrogens is 3. The molecular formula is C51H31N3O. The zero-order valence-electron chi connectivity index (χ0n) is 29.6. The van der Waals surface area contributed by atoms with E-state index in [-0.39, 0.29) is 0 Å². The van der Waals surface area contributed by atoms with Crippen LogP contribution in [0.3, 0.4) is 0 Å². The van der Waals surface area contributed by atoms with Gasteiger partial charge in [0.05, 0.1) is 11.4 Å². The molecule has 55 heavy (non-hydrogen) atoms. The van der Waals surface area contributed by atoms with Gasteiger partial charge in [-0.25, -0.2) is 9.97 Å². The van der Waals surface area contributed by atoms with Crippen LogP contribution in [0.2, 0.25) is 0 Å². The molecule has 0 amide bonds. The molecule has 11 rings (SSSR count). The number of rotatable bonds is 5. The van der Waals surface area contributed by atoms with Crippen LogP contribution >= 0.6 is 0 Å². The minimum atomic E-state index is 0.689. The number of benzene rings is 8. The molecule has 0 spiro atoms. The Balaban J connectivity index is 1.01. The highest BCUT2D eigenvalue weighted by Gasteiger charge is 2.17. The van der Waals surface area contributed by atoms with E-state index in [9.17, 15) is 0 Å². The number of para-hydroxylation sites is 1. The second-order valence-corrected chi connectivity index (χ2v) is 14.0. The van der Waals surface area contributed by atoms with Gasteiger partial charge in [0.2, 0.25) is 0 Å². The second-order valence-electron chi connectivity index (χ2n) is 14.0. The fraction of sp³-hybridized carbons (Fsp3) is 0. The Morgan fingerprint density at radius 3 is 1.58 bits per heavy atom. The highest BCUT2D eigenvalue weighted by atomic mass is 16.3. The minimum Gasteiger partial charge on any atom is -0.455 e. The Bertz CT molecular complexity index is 3220. The van der Waals surface area contributed by atoms with Gasteiger partial charge < -0.3 is 4.42 Å². The summed E-state index contributed by atoms with van der Waals surface area (Å²) in [7, 11) is 0. The molecule has 4 nitrogen and oxygen atoms in total. The molecule has 0 unspecified atom stereocenters. The number of nitrogens with zero attached hydrogens (tertiary/aromatic N) is 3. The van der Waals surface area contributed by atoms with Gasteiger partial charge in [-0.3, -0.25) is 4.98 Å². The van der Waals surface area contributed by atoms with E-state index in [1.165, 1.54) is 26.9 Å². The Labute approximate surface area is 317 Å². The summed E-state index contributed by atoms with van der Waals surface area (Å²) in [6.07, 6.45) is 3.63. The first kappa shape index (κ1) is 31.1. The summed E-state index contributed by atoms with van der Waals surface area (Å²) in [6.45, 7) is 0. The highest BCUT2D eigenvalue weighted by Crippen LogP contribution is 2.43. The summed E-state index contributed by atoms with van der Waals surface area (Å²) in [6, 6.07) is 61.9. The number of furan rings is 1. The molecule has 3 heterocycles. The first-order valence-corrected chi connectivity index (χ1v) is 18.5. The maximum absolute atomic E-state index is 6.58. The van der Waals surface area contributed by atoms with Gasteiger partial charge in [-0.2, -0.15) is 0 Å². The molecule has 0 aliphatic rings. The fourth-order valence-electron chi connectivity index (χ4n) is 8.07. The predicted molar refractivity (Wildman–Crippen MR) is 227 cm³/mol. The van der Waals surface area contributed by atoms with Gasteiger partial charge in [0.25, 0.3) is 0 Å². The van der Waals surface area contributed by atoms with E-state index in [1.807, 2.05) is 48.8 Å². The van der Waals surface area contributed by atoms with Crippen molar-refractivity contribution in [1.29, 1.82) is 0 Å². The van der Waals surface area contributed by atoms with Crippen LogP contribution < -0.4 is 0 Å². The van der Waals surface area contributed by atoms with Crippen LogP contribution in [0.1, 0.15) is 0 Å². The first-order chi connectivity index (χ1) is 27.2. The SMILES string of the molecule is c1ccc(-c2cc(-c3ccc(-c4ccc5c(c4)c4ccccc4c4ccc6c7ccccc7oc6c45)cc3)nc(-c3ccc(-c4ccncc4)cc3)n2)cc1. The van der Waals surface area contributed by atoms with Gasteiger partial charge in [-0.1, -0.05) is 140 Å². The summed E-state index contributed by atoms with van der Waals surface area (Å²) in [5.41, 5.74) is 11.2. The third kappa shape index (κ3) is 5.26. The van der Waals surface area contributed by atoms with Crippen molar-refractivity contribution in [1.82, 2.24) is 15.0 Å². The molecule has 0 N–H and O–H groups in total. The largest absolute Gasteiger partial charge is 0.455 e. The normalized spacial score (nSPS) is 11.6. The van der Waals surface area contributed by atoms with E-state index in [4.69, 9.17) is 14.4 Å². The fourth-order valence-corrected chi connectivity index (χ4v) is 8.07. The Morgan fingerprint density at radius 1 is 0.327 bits per heavy atom. The molecule has 0 saturated carbocycles. The lowest BCUT2D eigenvalue weighted by molar-refractivity contribution is 0.673. The Kier molecular flexibility index (Phi) is 7.14. The van der Waals surface area contributed by atoms with Gasteiger partial charge in [0.1, 0.15) is 11.2 Å². The van der Waals surface area contributed by atoms with Crippen molar-refractivity contribution in [2.24, 2.45) is 0 Å². The quantitative estimate of drug-likeness (QED) is 0.168. The Morgan fingerprint density at radius 2 is 0.836 bits per heavy atom. The van der Waals surface area contributed by atoms with E-state index in [0.717, 1.165) is 77.7 Å². The third-order valence-electron chi connectivity index (χ3n) is 10.8. The zero-order chi connectivity index (χ0) is 36.3. The summed E-state index contributed by atoms with van der Waals surface area (Å²) >= 11 is 0. The molecule has 11 aromatic rings. The molecule has 0 aliphatic carbocycles. The maximum Gasteiger partial charge on any atom is 0.160 e. The van der Waals surface area contributed by atoms with Crippen molar-refractivity contribution in [2.75, 3.05) is 0 Å². The average molecular weight is 702 g/mol. The number of hydrogen-bond donors (Lipinski definition) is 0. The van der Waals surface area contributed by atoms with Crippen molar-refractivity contribution >= 4 is 54.3 Å². The van der Waals surface area contributed by atoms with Gasteiger partial charge in [0.15, 0.2) is 5.82 Å². The Hall–Kier alpha value is -7.43.